The lowest BCUT2D eigenvalue weighted by Gasteiger charge is -2.17. The van der Waals surface area contributed by atoms with Crippen LogP contribution in [0.5, 0.6) is 0 Å². The number of hydrogen-bond acceptors (Lipinski definition) is 3. The molecule has 0 radical (unpaired) electrons. The van der Waals surface area contributed by atoms with E-state index in [-0.39, 0.29) is 5.91 Å². The Labute approximate surface area is 125 Å². The van der Waals surface area contributed by atoms with Gasteiger partial charge in [-0.3, -0.25) is 4.79 Å². The van der Waals surface area contributed by atoms with Crippen molar-refractivity contribution in [2.45, 2.75) is 31.7 Å². The smallest absolute Gasteiger partial charge is 0.326 e. The van der Waals surface area contributed by atoms with E-state index in [2.05, 4.69) is 10.2 Å². The number of rotatable bonds is 7. The molecule has 1 aromatic carbocycles. The Morgan fingerprint density at radius 1 is 1.19 bits per heavy atom. The molecule has 1 aliphatic rings. The van der Waals surface area contributed by atoms with E-state index in [0.29, 0.717) is 19.4 Å². The molecule has 0 bridgehead atoms. The van der Waals surface area contributed by atoms with Crippen LogP contribution in [0.1, 0.15) is 24.8 Å². The summed E-state index contributed by atoms with van der Waals surface area (Å²) >= 11 is 0. The van der Waals surface area contributed by atoms with Crippen LogP contribution in [0.4, 0.5) is 0 Å². The third-order valence-corrected chi connectivity index (χ3v) is 3.77. The second kappa shape index (κ2) is 7.78. The van der Waals surface area contributed by atoms with E-state index in [1.807, 2.05) is 30.3 Å². The van der Waals surface area contributed by atoms with Gasteiger partial charge in [0.15, 0.2) is 0 Å². The van der Waals surface area contributed by atoms with Gasteiger partial charge in [-0.05, 0) is 31.5 Å². The fourth-order valence-corrected chi connectivity index (χ4v) is 2.58. The zero-order valence-electron chi connectivity index (χ0n) is 12.1. The summed E-state index contributed by atoms with van der Waals surface area (Å²) in [5.74, 6) is -1.18. The van der Waals surface area contributed by atoms with Crippen LogP contribution in [0.3, 0.4) is 0 Å². The fraction of sp³-hybridized carbons (Fsp3) is 0.500. The summed E-state index contributed by atoms with van der Waals surface area (Å²) in [6.07, 6.45) is 3.05. The molecular formula is C16H22N2O3. The summed E-state index contributed by atoms with van der Waals surface area (Å²) < 4.78 is 0. The molecule has 0 saturated carbocycles. The van der Waals surface area contributed by atoms with Crippen LogP contribution in [0.25, 0.3) is 0 Å². The topological polar surface area (TPSA) is 69.6 Å². The molecule has 1 aliphatic heterocycles. The number of carboxylic acids is 1. The predicted octanol–water partition coefficient (Wildman–Crippen LogP) is 1.28. The van der Waals surface area contributed by atoms with Gasteiger partial charge >= 0.3 is 5.97 Å². The Bertz CT molecular complexity index is 470. The van der Waals surface area contributed by atoms with Crippen LogP contribution in [0.15, 0.2) is 30.3 Å². The molecule has 5 nitrogen and oxygen atoms in total. The predicted molar refractivity (Wildman–Crippen MR) is 80.0 cm³/mol. The van der Waals surface area contributed by atoms with Crippen LogP contribution in [-0.2, 0) is 16.0 Å². The van der Waals surface area contributed by atoms with E-state index in [1.54, 1.807) is 0 Å². The van der Waals surface area contributed by atoms with E-state index in [9.17, 15) is 14.7 Å². The van der Waals surface area contributed by atoms with Crippen molar-refractivity contribution in [2.24, 2.45) is 0 Å². The minimum atomic E-state index is -0.992. The van der Waals surface area contributed by atoms with E-state index >= 15 is 0 Å². The summed E-state index contributed by atoms with van der Waals surface area (Å²) in [4.78, 5) is 25.4. The minimum Gasteiger partial charge on any atom is -0.480 e. The normalized spacial score (nSPS) is 16.6. The molecule has 1 amide bonds. The van der Waals surface area contributed by atoms with Crippen molar-refractivity contribution in [1.29, 1.82) is 0 Å². The third-order valence-electron chi connectivity index (χ3n) is 3.77. The van der Waals surface area contributed by atoms with Gasteiger partial charge in [-0.1, -0.05) is 30.3 Å². The number of aliphatic carboxylic acids is 1. The van der Waals surface area contributed by atoms with Crippen LogP contribution in [-0.4, -0.2) is 47.6 Å². The van der Waals surface area contributed by atoms with E-state index in [1.165, 1.54) is 12.8 Å². The number of carbonyl (C=O) groups excluding carboxylic acids is 1. The largest absolute Gasteiger partial charge is 0.480 e. The lowest BCUT2D eigenvalue weighted by atomic mass is 10.1. The lowest BCUT2D eigenvalue weighted by molar-refractivity contribution is -0.141. The zero-order chi connectivity index (χ0) is 15.1. The number of nitrogens with one attached hydrogen (secondary N) is 1. The SMILES string of the molecule is O=C(CCN1CCCC1)N[C@H](Cc1ccccc1)C(=O)O. The van der Waals surface area contributed by atoms with Gasteiger partial charge in [0, 0.05) is 19.4 Å². The quantitative estimate of drug-likeness (QED) is 0.794. The van der Waals surface area contributed by atoms with E-state index in [0.717, 1.165) is 18.7 Å². The molecule has 0 spiro atoms. The number of benzene rings is 1. The number of likely N-dealkylation sites (tertiary alicyclic amines) is 1. The molecule has 2 rings (SSSR count). The van der Waals surface area contributed by atoms with E-state index < -0.39 is 12.0 Å². The second-order valence-electron chi connectivity index (χ2n) is 5.45. The van der Waals surface area contributed by atoms with Crippen LogP contribution in [0, 0.1) is 0 Å². The zero-order valence-corrected chi connectivity index (χ0v) is 12.1. The van der Waals surface area contributed by atoms with Crippen LogP contribution >= 0.6 is 0 Å². The Kier molecular flexibility index (Phi) is 5.75. The molecule has 2 N–H and O–H groups in total. The standard InChI is InChI=1S/C16H22N2O3/c19-15(8-11-18-9-4-5-10-18)17-14(16(20)21)12-13-6-2-1-3-7-13/h1-3,6-7,14H,4-5,8-12H2,(H,17,19)(H,20,21)/t14-/m1/s1. The number of hydrogen-bond donors (Lipinski definition) is 2. The molecule has 0 unspecified atom stereocenters. The summed E-state index contributed by atoms with van der Waals surface area (Å²) in [5, 5.41) is 11.9. The van der Waals surface area contributed by atoms with Crippen molar-refractivity contribution in [3.63, 3.8) is 0 Å². The first-order valence-electron chi connectivity index (χ1n) is 7.43. The second-order valence-corrected chi connectivity index (χ2v) is 5.45. The molecule has 0 aromatic heterocycles. The molecule has 1 atom stereocenters. The Morgan fingerprint density at radius 3 is 2.48 bits per heavy atom. The molecule has 114 valence electrons. The molecule has 1 saturated heterocycles. The molecule has 5 heteroatoms. The first-order chi connectivity index (χ1) is 10.1. The van der Waals surface area contributed by atoms with Crippen molar-refractivity contribution in [3.8, 4) is 0 Å². The van der Waals surface area contributed by atoms with Crippen molar-refractivity contribution in [3.05, 3.63) is 35.9 Å². The van der Waals surface area contributed by atoms with Gasteiger partial charge in [0.05, 0.1) is 0 Å². The minimum absolute atomic E-state index is 0.190. The molecule has 1 aromatic rings. The summed E-state index contributed by atoms with van der Waals surface area (Å²) in [6, 6.07) is 8.48. The Morgan fingerprint density at radius 2 is 1.86 bits per heavy atom. The monoisotopic (exact) mass is 290 g/mol. The van der Waals surface area contributed by atoms with Gasteiger partial charge in [-0.15, -0.1) is 0 Å². The molecule has 0 aliphatic carbocycles. The summed E-state index contributed by atoms with van der Waals surface area (Å²) in [6.45, 7) is 2.79. The average molecular weight is 290 g/mol. The van der Waals surface area contributed by atoms with Crippen LogP contribution in [0.2, 0.25) is 0 Å². The molecular weight excluding hydrogens is 268 g/mol. The number of carboxylic acid groups (broad SMARTS) is 1. The summed E-state index contributed by atoms with van der Waals surface area (Å²) in [5.41, 5.74) is 0.907. The Balaban J connectivity index is 1.81. The highest BCUT2D eigenvalue weighted by molar-refractivity contribution is 5.83. The third kappa shape index (κ3) is 5.19. The maximum absolute atomic E-state index is 11.9. The van der Waals surface area contributed by atoms with Gasteiger partial charge < -0.3 is 15.3 Å². The number of amides is 1. The maximum Gasteiger partial charge on any atom is 0.326 e. The van der Waals surface area contributed by atoms with Crippen molar-refractivity contribution in [2.75, 3.05) is 19.6 Å². The first-order valence-corrected chi connectivity index (χ1v) is 7.43. The average Bonchev–Trinajstić information content (AvgIpc) is 2.99. The van der Waals surface area contributed by atoms with Crippen molar-refractivity contribution < 1.29 is 14.7 Å². The molecule has 1 fully saturated rings. The molecule has 21 heavy (non-hydrogen) atoms. The highest BCUT2D eigenvalue weighted by atomic mass is 16.4. The lowest BCUT2D eigenvalue weighted by Crippen LogP contribution is -2.43. The summed E-state index contributed by atoms with van der Waals surface area (Å²) in [7, 11) is 0. The highest BCUT2D eigenvalue weighted by Crippen LogP contribution is 2.08. The highest BCUT2D eigenvalue weighted by Gasteiger charge is 2.21. The molecule has 1 heterocycles. The number of nitrogens with zero attached hydrogens (tertiary/aromatic N) is 1. The van der Waals surface area contributed by atoms with Crippen molar-refractivity contribution in [1.82, 2.24) is 10.2 Å². The Hall–Kier alpha value is -1.88. The van der Waals surface area contributed by atoms with Gasteiger partial charge in [-0.2, -0.15) is 0 Å². The van der Waals surface area contributed by atoms with Gasteiger partial charge in [-0.25, -0.2) is 4.79 Å². The van der Waals surface area contributed by atoms with Gasteiger partial charge in [0.2, 0.25) is 5.91 Å². The van der Waals surface area contributed by atoms with Crippen LogP contribution < -0.4 is 5.32 Å². The maximum atomic E-state index is 11.9. The first kappa shape index (κ1) is 15.5. The fourth-order valence-electron chi connectivity index (χ4n) is 2.58. The van der Waals surface area contributed by atoms with E-state index in [4.69, 9.17) is 0 Å². The number of carbonyl (C=O) groups is 2. The van der Waals surface area contributed by atoms with Gasteiger partial charge in [0.1, 0.15) is 6.04 Å². The van der Waals surface area contributed by atoms with Crippen molar-refractivity contribution >= 4 is 11.9 Å². The van der Waals surface area contributed by atoms with Gasteiger partial charge in [0.25, 0.3) is 0 Å².